The minimum Gasteiger partial charge on any atom is -0.369 e. The van der Waals surface area contributed by atoms with Crippen LogP contribution < -0.4 is 0 Å². The summed E-state index contributed by atoms with van der Waals surface area (Å²) in [6, 6.07) is 0. The topological polar surface area (TPSA) is 3.24 Å². The van der Waals surface area contributed by atoms with Crippen molar-refractivity contribution in [3.05, 3.63) is 11.2 Å². The standard InChI is InChI=1S/C5H10ClN/c1-4-5(6)7(2)3/h4H,1-3H3/b5-4-. The summed E-state index contributed by atoms with van der Waals surface area (Å²) in [6.07, 6.45) is 1.85. The summed E-state index contributed by atoms with van der Waals surface area (Å²) in [5, 5.41) is 0.778. The van der Waals surface area contributed by atoms with Crippen molar-refractivity contribution in [1.82, 2.24) is 4.90 Å². The second-order valence-electron chi connectivity index (χ2n) is 1.51. The van der Waals surface area contributed by atoms with Gasteiger partial charge in [-0.1, -0.05) is 17.7 Å². The molecule has 0 rings (SSSR count). The Kier molecular flexibility index (Phi) is 2.84. The van der Waals surface area contributed by atoms with Crippen LogP contribution in [0.4, 0.5) is 0 Å². The molecule has 0 saturated carbocycles. The molecular weight excluding hydrogens is 110 g/mol. The van der Waals surface area contributed by atoms with Crippen molar-refractivity contribution in [3.63, 3.8) is 0 Å². The molecule has 0 radical (unpaired) electrons. The average molecular weight is 120 g/mol. The summed E-state index contributed by atoms with van der Waals surface area (Å²) in [5.41, 5.74) is 0. The minimum atomic E-state index is 0.778. The van der Waals surface area contributed by atoms with Gasteiger partial charge in [0, 0.05) is 14.1 Å². The van der Waals surface area contributed by atoms with E-state index in [0.29, 0.717) is 0 Å². The van der Waals surface area contributed by atoms with Gasteiger partial charge in [-0.15, -0.1) is 0 Å². The third-order valence-corrected chi connectivity index (χ3v) is 1.22. The molecule has 0 aliphatic heterocycles. The zero-order valence-corrected chi connectivity index (χ0v) is 5.66. The Morgan fingerprint density at radius 1 is 1.57 bits per heavy atom. The first-order valence-electron chi connectivity index (χ1n) is 2.17. The molecule has 0 heterocycles. The van der Waals surface area contributed by atoms with Crippen LogP contribution in [-0.4, -0.2) is 19.0 Å². The maximum absolute atomic E-state index is 5.59. The van der Waals surface area contributed by atoms with E-state index in [1.807, 2.05) is 32.0 Å². The summed E-state index contributed by atoms with van der Waals surface area (Å²) in [6.45, 7) is 1.91. The molecule has 0 aromatic heterocycles. The van der Waals surface area contributed by atoms with E-state index >= 15 is 0 Å². The first kappa shape index (κ1) is 6.83. The molecule has 0 fully saturated rings. The molecule has 2 heteroatoms. The number of nitrogens with zero attached hydrogens (tertiary/aromatic N) is 1. The Balaban J connectivity index is 3.56. The van der Waals surface area contributed by atoms with E-state index in [4.69, 9.17) is 11.6 Å². The number of rotatable bonds is 1. The number of halogens is 1. The van der Waals surface area contributed by atoms with Gasteiger partial charge in [0.2, 0.25) is 0 Å². The molecule has 0 bridgehead atoms. The molecule has 0 atom stereocenters. The SMILES string of the molecule is C/C=C(/Cl)N(C)C. The van der Waals surface area contributed by atoms with Crippen LogP contribution in [0.25, 0.3) is 0 Å². The van der Waals surface area contributed by atoms with Gasteiger partial charge in [-0.25, -0.2) is 0 Å². The predicted octanol–water partition coefficient (Wildman–Crippen LogP) is 1.65. The van der Waals surface area contributed by atoms with Gasteiger partial charge in [0.15, 0.2) is 0 Å². The summed E-state index contributed by atoms with van der Waals surface area (Å²) in [5.74, 6) is 0. The van der Waals surface area contributed by atoms with Crippen LogP contribution in [0.1, 0.15) is 6.92 Å². The van der Waals surface area contributed by atoms with Crippen molar-refractivity contribution in [1.29, 1.82) is 0 Å². The molecule has 0 aromatic carbocycles. The fourth-order valence-corrected chi connectivity index (χ4v) is 0.258. The van der Waals surface area contributed by atoms with Crippen LogP contribution in [0.3, 0.4) is 0 Å². The molecule has 0 aromatic rings. The van der Waals surface area contributed by atoms with Gasteiger partial charge < -0.3 is 4.90 Å². The first-order chi connectivity index (χ1) is 3.18. The van der Waals surface area contributed by atoms with Crippen molar-refractivity contribution in [2.24, 2.45) is 0 Å². The normalized spacial score (nSPS) is 11.7. The molecule has 0 amide bonds. The highest BCUT2D eigenvalue weighted by Gasteiger charge is 1.86. The number of hydrogen-bond donors (Lipinski definition) is 0. The molecule has 0 N–H and O–H groups in total. The van der Waals surface area contributed by atoms with Gasteiger partial charge in [-0.2, -0.15) is 0 Å². The van der Waals surface area contributed by atoms with Gasteiger partial charge in [-0.3, -0.25) is 0 Å². The van der Waals surface area contributed by atoms with Gasteiger partial charge in [0.1, 0.15) is 0 Å². The lowest BCUT2D eigenvalue weighted by Gasteiger charge is -2.07. The van der Waals surface area contributed by atoms with Crippen LogP contribution in [0.2, 0.25) is 0 Å². The second kappa shape index (κ2) is 2.92. The lowest BCUT2D eigenvalue weighted by Crippen LogP contribution is -2.05. The van der Waals surface area contributed by atoms with E-state index < -0.39 is 0 Å². The Morgan fingerprint density at radius 2 is 2.00 bits per heavy atom. The Bertz CT molecular complexity index is 76.1. The third kappa shape index (κ3) is 2.52. The van der Waals surface area contributed by atoms with E-state index in [0.717, 1.165) is 5.16 Å². The van der Waals surface area contributed by atoms with Crippen molar-refractivity contribution < 1.29 is 0 Å². The molecule has 0 saturated heterocycles. The summed E-state index contributed by atoms with van der Waals surface area (Å²) in [7, 11) is 3.81. The zero-order valence-electron chi connectivity index (χ0n) is 4.90. The quantitative estimate of drug-likeness (QED) is 0.475. The van der Waals surface area contributed by atoms with E-state index in [9.17, 15) is 0 Å². The van der Waals surface area contributed by atoms with Crippen molar-refractivity contribution in [3.8, 4) is 0 Å². The highest BCUT2D eigenvalue weighted by molar-refractivity contribution is 6.29. The number of hydrogen-bond acceptors (Lipinski definition) is 1. The fourth-order valence-electron chi connectivity index (χ4n) is 0.258. The average Bonchev–Trinajstić information content (AvgIpc) is 1.65. The van der Waals surface area contributed by atoms with Crippen LogP contribution in [-0.2, 0) is 0 Å². The third-order valence-electron chi connectivity index (χ3n) is 0.665. The van der Waals surface area contributed by atoms with E-state index in [1.54, 1.807) is 0 Å². The van der Waals surface area contributed by atoms with Gasteiger partial charge in [0.05, 0.1) is 5.16 Å². The highest BCUT2D eigenvalue weighted by atomic mass is 35.5. The van der Waals surface area contributed by atoms with Crippen molar-refractivity contribution in [2.75, 3.05) is 14.1 Å². The van der Waals surface area contributed by atoms with Crippen molar-refractivity contribution in [2.45, 2.75) is 6.92 Å². The maximum atomic E-state index is 5.59. The summed E-state index contributed by atoms with van der Waals surface area (Å²) in [4.78, 5) is 1.85. The molecule has 0 spiro atoms. The lowest BCUT2D eigenvalue weighted by molar-refractivity contribution is 0.546. The predicted molar refractivity (Wildman–Crippen MR) is 33.3 cm³/mol. The van der Waals surface area contributed by atoms with Crippen molar-refractivity contribution >= 4 is 11.6 Å². The minimum absolute atomic E-state index is 0.778. The highest BCUT2D eigenvalue weighted by Crippen LogP contribution is 2.01. The molecule has 0 aliphatic rings. The van der Waals surface area contributed by atoms with Crippen LogP contribution in [0.15, 0.2) is 11.2 Å². The summed E-state index contributed by atoms with van der Waals surface area (Å²) < 4.78 is 0. The van der Waals surface area contributed by atoms with Gasteiger partial charge in [-0.05, 0) is 6.92 Å². The monoisotopic (exact) mass is 119 g/mol. The second-order valence-corrected chi connectivity index (χ2v) is 1.89. The molecule has 0 unspecified atom stereocenters. The van der Waals surface area contributed by atoms with Crippen LogP contribution in [0.5, 0.6) is 0 Å². The largest absolute Gasteiger partial charge is 0.369 e. The number of allylic oxidation sites excluding steroid dienone is 1. The summed E-state index contributed by atoms with van der Waals surface area (Å²) >= 11 is 5.59. The molecule has 42 valence electrons. The first-order valence-corrected chi connectivity index (χ1v) is 2.55. The van der Waals surface area contributed by atoms with Crippen LogP contribution >= 0.6 is 11.6 Å². The van der Waals surface area contributed by atoms with Gasteiger partial charge >= 0.3 is 0 Å². The maximum Gasteiger partial charge on any atom is 0.0995 e. The Morgan fingerprint density at radius 3 is 2.00 bits per heavy atom. The van der Waals surface area contributed by atoms with E-state index in [1.165, 1.54) is 0 Å². The van der Waals surface area contributed by atoms with Crippen LogP contribution in [0, 0.1) is 0 Å². The Labute approximate surface area is 49.6 Å². The van der Waals surface area contributed by atoms with E-state index in [2.05, 4.69) is 0 Å². The van der Waals surface area contributed by atoms with E-state index in [-0.39, 0.29) is 0 Å². The fraction of sp³-hybridized carbons (Fsp3) is 0.600. The lowest BCUT2D eigenvalue weighted by atomic mass is 10.6. The molecule has 0 aliphatic carbocycles. The zero-order chi connectivity index (χ0) is 5.86. The molecular formula is C5H10ClN. The Hall–Kier alpha value is -0.170. The molecule has 1 nitrogen and oxygen atoms in total. The van der Waals surface area contributed by atoms with Gasteiger partial charge in [0.25, 0.3) is 0 Å². The smallest absolute Gasteiger partial charge is 0.0995 e. The molecule has 7 heavy (non-hydrogen) atoms.